The number of hydrogen-bond acceptors (Lipinski definition) is 6. The summed E-state index contributed by atoms with van der Waals surface area (Å²) in [6, 6.07) is 11.6. The second-order valence-corrected chi connectivity index (χ2v) is 8.04. The van der Waals surface area contributed by atoms with Gasteiger partial charge in [-0.3, -0.25) is 4.98 Å². The van der Waals surface area contributed by atoms with Crippen LogP contribution in [-0.4, -0.2) is 46.1 Å². The number of nitrogens with one attached hydrogen (secondary N) is 2. The molecule has 2 aromatic carbocycles. The van der Waals surface area contributed by atoms with Gasteiger partial charge in [-0.1, -0.05) is 12.1 Å². The number of aromatic amines is 1. The molecule has 9 heteroatoms. The van der Waals surface area contributed by atoms with Gasteiger partial charge in [0, 0.05) is 18.7 Å². The van der Waals surface area contributed by atoms with Crippen LogP contribution in [0.2, 0.25) is 0 Å². The SMILES string of the molecule is COc1ccc(C(CNS(=O)(=O)c2ccc3[nH]c(=O)oc3c2)N(C)C)cc1. The van der Waals surface area contributed by atoms with Crippen molar-refractivity contribution < 1.29 is 17.6 Å². The molecule has 3 aromatic rings. The molecule has 27 heavy (non-hydrogen) atoms. The van der Waals surface area contributed by atoms with Crippen molar-refractivity contribution in [2.75, 3.05) is 27.7 Å². The number of methoxy groups -OCH3 is 1. The number of likely N-dealkylation sites (N-methyl/N-ethyl adjacent to an activating group) is 1. The monoisotopic (exact) mass is 391 g/mol. The first kappa shape index (κ1) is 19.2. The maximum absolute atomic E-state index is 12.7. The summed E-state index contributed by atoms with van der Waals surface area (Å²) < 4.78 is 38.0. The summed E-state index contributed by atoms with van der Waals surface area (Å²) >= 11 is 0. The highest BCUT2D eigenvalue weighted by molar-refractivity contribution is 7.89. The molecule has 1 unspecified atom stereocenters. The average Bonchev–Trinajstić information content (AvgIpc) is 3.01. The van der Waals surface area contributed by atoms with Gasteiger partial charge in [-0.05, 0) is 43.9 Å². The van der Waals surface area contributed by atoms with Gasteiger partial charge in [0.2, 0.25) is 10.0 Å². The Bertz CT molecular complexity index is 1080. The predicted molar refractivity (Wildman–Crippen MR) is 101 cm³/mol. The van der Waals surface area contributed by atoms with Gasteiger partial charge in [0.1, 0.15) is 5.75 Å². The summed E-state index contributed by atoms with van der Waals surface area (Å²) in [5.41, 5.74) is 1.60. The molecule has 0 bridgehead atoms. The Labute approximate surface area is 156 Å². The average molecular weight is 391 g/mol. The van der Waals surface area contributed by atoms with Gasteiger partial charge in [-0.2, -0.15) is 0 Å². The van der Waals surface area contributed by atoms with Crippen LogP contribution in [0.5, 0.6) is 5.75 Å². The summed E-state index contributed by atoms with van der Waals surface area (Å²) in [5.74, 6) is 0.109. The van der Waals surface area contributed by atoms with E-state index in [1.165, 1.54) is 18.2 Å². The molecular formula is C18H21N3O5S. The number of ether oxygens (including phenoxy) is 1. The molecule has 1 atom stereocenters. The van der Waals surface area contributed by atoms with E-state index in [0.29, 0.717) is 5.52 Å². The van der Waals surface area contributed by atoms with Crippen molar-refractivity contribution in [3.8, 4) is 5.75 Å². The lowest BCUT2D eigenvalue weighted by molar-refractivity contribution is 0.299. The standard InChI is InChI=1S/C18H21N3O5S/c1-21(2)16(12-4-6-13(25-3)7-5-12)11-19-27(23,24)14-8-9-15-17(10-14)26-18(22)20-15/h4-10,16,19H,11H2,1-3H3,(H,20,22). The van der Waals surface area contributed by atoms with Crippen LogP contribution in [0.4, 0.5) is 0 Å². The number of aromatic nitrogens is 1. The minimum Gasteiger partial charge on any atom is -0.497 e. The molecule has 0 aliphatic heterocycles. The lowest BCUT2D eigenvalue weighted by atomic mass is 10.1. The van der Waals surface area contributed by atoms with Crippen LogP contribution in [0, 0.1) is 0 Å². The Morgan fingerprint density at radius 3 is 2.52 bits per heavy atom. The van der Waals surface area contributed by atoms with Gasteiger partial charge < -0.3 is 14.1 Å². The lowest BCUT2D eigenvalue weighted by Crippen LogP contribution is -2.34. The van der Waals surface area contributed by atoms with Crippen molar-refractivity contribution in [1.82, 2.24) is 14.6 Å². The normalized spacial score (nSPS) is 13.2. The van der Waals surface area contributed by atoms with E-state index in [4.69, 9.17) is 9.15 Å². The second-order valence-electron chi connectivity index (χ2n) is 6.28. The quantitative estimate of drug-likeness (QED) is 0.635. The number of fused-ring (bicyclic) bond motifs is 1. The van der Waals surface area contributed by atoms with Crippen LogP contribution >= 0.6 is 0 Å². The molecule has 0 saturated heterocycles. The third-order valence-corrected chi connectivity index (χ3v) is 5.71. The van der Waals surface area contributed by atoms with Gasteiger partial charge in [-0.25, -0.2) is 17.9 Å². The number of benzene rings is 2. The molecule has 0 saturated carbocycles. The van der Waals surface area contributed by atoms with E-state index in [1.807, 2.05) is 43.3 Å². The van der Waals surface area contributed by atoms with E-state index in [9.17, 15) is 13.2 Å². The molecule has 8 nitrogen and oxygen atoms in total. The van der Waals surface area contributed by atoms with Crippen LogP contribution in [-0.2, 0) is 10.0 Å². The van der Waals surface area contributed by atoms with Gasteiger partial charge in [0.15, 0.2) is 5.58 Å². The van der Waals surface area contributed by atoms with Crippen molar-refractivity contribution in [3.63, 3.8) is 0 Å². The molecule has 0 aliphatic carbocycles. The molecule has 0 aliphatic rings. The van der Waals surface area contributed by atoms with Crippen LogP contribution < -0.4 is 15.2 Å². The highest BCUT2D eigenvalue weighted by Gasteiger charge is 2.20. The van der Waals surface area contributed by atoms with E-state index in [-0.39, 0.29) is 23.1 Å². The van der Waals surface area contributed by atoms with Gasteiger partial charge in [0.25, 0.3) is 0 Å². The van der Waals surface area contributed by atoms with E-state index >= 15 is 0 Å². The van der Waals surface area contributed by atoms with Crippen molar-refractivity contribution >= 4 is 21.1 Å². The highest BCUT2D eigenvalue weighted by atomic mass is 32.2. The Morgan fingerprint density at radius 1 is 1.19 bits per heavy atom. The van der Waals surface area contributed by atoms with Gasteiger partial charge in [-0.15, -0.1) is 0 Å². The van der Waals surface area contributed by atoms with Crippen molar-refractivity contribution in [2.45, 2.75) is 10.9 Å². The molecule has 0 fully saturated rings. The summed E-state index contributed by atoms with van der Waals surface area (Å²) in [4.78, 5) is 15.7. The fourth-order valence-corrected chi connectivity index (χ4v) is 3.84. The molecular weight excluding hydrogens is 370 g/mol. The van der Waals surface area contributed by atoms with E-state index in [2.05, 4.69) is 9.71 Å². The number of rotatable bonds is 7. The van der Waals surface area contributed by atoms with Crippen molar-refractivity contribution in [1.29, 1.82) is 0 Å². The maximum atomic E-state index is 12.7. The fraction of sp³-hybridized carbons (Fsp3) is 0.278. The van der Waals surface area contributed by atoms with Gasteiger partial charge in [0.05, 0.1) is 17.5 Å². The lowest BCUT2D eigenvalue weighted by Gasteiger charge is -2.25. The van der Waals surface area contributed by atoms with Crippen LogP contribution in [0.15, 0.2) is 56.6 Å². The van der Waals surface area contributed by atoms with E-state index < -0.39 is 15.8 Å². The summed E-state index contributed by atoms with van der Waals surface area (Å²) in [7, 11) is 1.58. The Balaban J connectivity index is 1.80. The van der Waals surface area contributed by atoms with Gasteiger partial charge >= 0.3 is 5.76 Å². The molecule has 2 N–H and O–H groups in total. The largest absolute Gasteiger partial charge is 0.497 e. The van der Waals surface area contributed by atoms with E-state index in [1.54, 1.807) is 7.11 Å². The van der Waals surface area contributed by atoms with Crippen molar-refractivity contribution in [3.05, 3.63) is 58.6 Å². The van der Waals surface area contributed by atoms with Crippen LogP contribution in [0.25, 0.3) is 11.1 Å². The zero-order chi connectivity index (χ0) is 19.6. The molecule has 0 spiro atoms. The number of nitrogens with zero attached hydrogens (tertiary/aromatic N) is 1. The highest BCUT2D eigenvalue weighted by Crippen LogP contribution is 2.22. The maximum Gasteiger partial charge on any atom is 0.417 e. The minimum absolute atomic E-state index is 0.0324. The summed E-state index contributed by atoms with van der Waals surface area (Å²) in [6.45, 7) is 0.177. The first-order valence-electron chi connectivity index (χ1n) is 8.23. The molecule has 1 heterocycles. The Kier molecular flexibility index (Phi) is 5.36. The van der Waals surface area contributed by atoms with E-state index in [0.717, 1.165) is 11.3 Å². The molecule has 0 radical (unpaired) electrons. The zero-order valence-electron chi connectivity index (χ0n) is 15.2. The number of hydrogen-bond donors (Lipinski definition) is 2. The molecule has 3 rings (SSSR count). The Hall–Kier alpha value is -2.62. The van der Waals surface area contributed by atoms with Crippen LogP contribution in [0.1, 0.15) is 11.6 Å². The molecule has 0 amide bonds. The summed E-state index contributed by atoms with van der Waals surface area (Å²) in [5, 5.41) is 0. The zero-order valence-corrected chi connectivity index (χ0v) is 16.0. The Morgan fingerprint density at radius 2 is 1.89 bits per heavy atom. The minimum atomic E-state index is -3.77. The third kappa shape index (κ3) is 4.21. The summed E-state index contributed by atoms with van der Waals surface area (Å²) in [6.07, 6.45) is 0. The molecule has 144 valence electrons. The smallest absolute Gasteiger partial charge is 0.417 e. The molecule has 1 aromatic heterocycles. The second kappa shape index (κ2) is 7.55. The number of oxazole rings is 1. The number of sulfonamides is 1. The first-order valence-corrected chi connectivity index (χ1v) is 9.71. The number of H-pyrrole nitrogens is 1. The fourth-order valence-electron chi connectivity index (χ4n) is 2.79. The van der Waals surface area contributed by atoms with Crippen LogP contribution in [0.3, 0.4) is 0 Å². The van der Waals surface area contributed by atoms with Crippen molar-refractivity contribution in [2.24, 2.45) is 0 Å². The topological polar surface area (TPSA) is 105 Å². The predicted octanol–water partition coefficient (Wildman–Crippen LogP) is 1.71. The third-order valence-electron chi connectivity index (χ3n) is 4.29. The first-order chi connectivity index (χ1) is 12.8.